The fourth-order valence-electron chi connectivity index (χ4n) is 2.78. The quantitative estimate of drug-likeness (QED) is 0.609. The van der Waals surface area contributed by atoms with Crippen molar-refractivity contribution in [3.63, 3.8) is 0 Å². The van der Waals surface area contributed by atoms with Crippen molar-refractivity contribution in [2.45, 2.75) is 19.7 Å². The lowest BCUT2D eigenvalue weighted by Crippen LogP contribution is -2.16. The van der Waals surface area contributed by atoms with Crippen molar-refractivity contribution in [2.24, 2.45) is 0 Å². The summed E-state index contributed by atoms with van der Waals surface area (Å²) in [6, 6.07) is 11.3. The van der Waals surface area contributed by atoms with Gasteiger partial charge in [-0.1, -0.05) is 23.7 Å². The number of aromatic nitrogens is 2. The Kier molecular flexibility index (Phi) is 5.95. The summed E-state index contributed by atoms with van der Waals surface area (Å²) >= 11 is 6.12. The molecule has 3 aromatic rings. The number of aryl methyl sites for hydroxylation is 1. The molecule has 0 aliphatic heterocycles. The van der Waals surface area contributed by atoms with Crippen molar-refractivity contribution < 1.29 is 22.7 Å². The largest absolute Gasteiger partial charge is 0.416 e. The second-order valence-electron chi connectivity index (χ2n) is 6.33. The van der Waals surface area contributed by atoms with E-state index in [1.54, 1.807) is 38.3 Å². The highest BCUT2D eigenvalue weighted by molar-refractivity contribution is 6.32. The maximum atomic E-state index is 13.1. The summed E-state index contributed by atoms with van der Waals surface area (Å²) in [6.45, 7) is 2.00. The third-order valence-corrected chi connectivity index (χ3v) is 4.39. The van der Waals surface area contributed by atoms with Gasteiger partial charge in [0.2, 0.25) is 0 Å². The third-order valence-electron chi connectivity index (χ3n) is 4.07. The van der Waals surface area contributed by atoms with E-state index in [2.05, 4.69) is 10.4 Å². The number of nitrogens with one attached hydrogen (secondary N) is 1. The molecular weight excluding hydrogens is 407 g/mol. The van der Waals surface area contributed by atoms with Crippen LogP contribution in [0.1, 0.15) is 27.2 Å². The Balaban J connectivity index is 1.96. The van der Waals surface area contributed by atoms with Crippen LogP contribution in [0.15, 0.2) is 48.5 Å². The van der Waals surface area contributed by atoms with Gasteiger partial charge < -0.3 is 10.1 Å². The summed E-state index contributed by atoms with van der Waals surface area (Å²) in [6.07, 6.45) is -4.53. The number of benzene rings is 2. The van der Waals surface area contributed by atoms with E-state index >= 15 is 0 Å². The van der Waals surface area contributed by atoms with Crippen molar-refractivity contribution in [1.82, 2.24) is 9.78 Å². The highest BCUT2D eigenvalue weighted by Crippen LogP contribution is 2.34. The fraction of sp³-hybridized carbons (Fsp3) is 0.200. The SMILES string of the molecule is COCc1cccc(C(=O)Nc2cc(C)nn2-c2cc(C(F)(F)F)ccc2Cl)c1. The number of methoxy groups -OCH3 is 1. The molecule has 1 amide bonds. The van der Waals surface area contributed by atoms with E-state index in [-0.39, 0.29) is 16.5 Å². The van der Waals surface area contributed by atoms with Gasteiger partial charge in [0.1, 0.15) is 5.82 Å². The predicted octanol–water partition coefficient (Wildman–Crippen LogP) is 5.25. The monoisotopic (exact) mass is 423 g/mol. The number of carbonyl (C=O) groups excluding carboxylic acids is 1. The number of ether oxygens (including phenoxy) is 1. The molecule has 0 aliphatic carbocycles. The Morgan fingerprint density at radius 1 is 1.21 bits per heavy atom. The number of nitrogens with zero attached hydrogens (tertiary/aromatic N) is 2. The molecular formula is C20H17ClF3N3O2. The van der Waals surface area contributed by atoms with Gasteiger partial charge >= 0.3 is 6.18 Å². The Bertz CT molecular complexity index is 1050. The molecule has 1 N–H and O–H groups in total. The average Bonchev–Trinajstić information content (AvgIpc) is 3.01. The van der Waals surface area contributed by atoms with E-state index in [4.69, 9.17) is 16.3 Å². The van der Waals surface area contributed by atoms with Crippen LogP contribution in [0.5, 0.6) is 0 Å². The van der Waals surface area contributed by atoms with Crippen molar-refractivity contribution in [3.05, 3.63) is 75.9 Å². The molecule has 0 unspecified atom stereocenters. The first-order valence-corrected chi connectivity index (χ1v) is 8.90. The van der Waals surface area contributed by atoms with Crippen molar-refractivity contribution in [2.75, 3.05) is 12.4 Å². The normalized spacial score (nSPS) is 11.5. The summed E-state index contributed by atoms with van der Waals surface area (Å²) in [7, 11) is 1.55. The van der Waals surface area contributed by atoms with E-state index in [0.29, 0.717) is 17.9 Å². The fourth-order valence-corrected chi connectivity index (χ4v) is 2.98. The van der Waals surface area contributed by atoms with Gasteiger partial charge in [0, 0.05) is 18.7 Å². The number of alkyl halides is 3. The molecule has 3 rings (SSSR count). The number of rotatable bonds is 5. The van der Waals surface area contributed by atoms with Gasteiger partial charge in [0.25, 0.3) is 5.91 Å². The third kappa shape index (κ3) is 4.78. The summed E-state index contributed by atoms with van der Waals surface area (Å²) in [5, 5.41) is 6.94. The Morgan fingerprint density at radius 2 is 1.97 bits per heavy atom. The number of hydrogen-bond donors (Lipinski definition) is 1. The first kappa shape index (κ1) is 20.9. The number of carbonyl (C=O) groups is 1. The number of amides is 1. The molecule has 1 heterocycles. The molecule has 0 spiro atoms. The van der Waals surface area contributed by atoms with Crippen molar-refractivity contribution in [1.29, 1.82) is 0 Å². The smallest absolute Gasteiger partial charge is 0.380 e. The Labute approximate surface area is 170 Å². The predicted molar refractivity (Wildman–Crippen MR) is 103 cm³/mol. The van der Waals surface area contributed by atoms with Crippen molar-refractivity contribution in [3.8, 4) is 5.69 Å². The lowest BCUT2D eigenvalue weighted by molar-refractivity contribution is -0.137. The van der Waals surface area contributed by atoms with Crippen LogP contribution in [0.25, 0.3) is 5.69 Å². The molecule has 0 aliphatic rings. The van der Waals surface area contributed by atoms with Crippen LogP contribution in [-0.4, -0.2) is 22.8 Å². The molecule has 0 saturated heterocycles. The molecule has 0 fully saturated rings. The number of hydrogen-bond acceptors (Lipinski definition) is 3. The summed E-state index contributed by atoms with van der Waals surface area (Å²) < 4.78 is 45.5. The molecule has 29 heavy (non-hydrogen) atoms. The van der Waals surface area contributed by atoms with Gasteiger partial charge in [0.15, 0.2) is 0 Å². The summed E-state index contributed by atoms with van der Waals surface area (Å²) in [5.74, 6) is -0.238. The zero-order valence-electron chi connectivity index (χ0n) is 15.5. The Hall–Kier alpha value is -2.84. The van der Waals surface area contributed by atoms with Crippen LogP contribution in [0, 0.1) is 6.92 Å². The van der Waals surface area contributed by atoms with E-state index in [9.17, 15) is 18.0 Å². The average molecular weight is 424 g/mol. The van der Waals surface area contributed by atoms with Crippen LogP contribution < -0.4 is 5.32 Å². The van der Waals surface area contributed by atoms with Crippen LogP contribution >= 0.6 is 11.6 Å². The number of halogens is 4. The zero-order valence-corrected chi connectivity index (χ0v) is 16.3. The molecule has 1 aromatic heterocycles. The molecule has 0 radical (unpaired) electrons. The van der Waals surface area contributed by atoms with Crippen LogP contribution in [-0.2, 0) is 17.5 Å². The molecule has 5 nitrogen and oxygen atoms in total. The molecule has 0 bridgehead atoms. The van der Waals surface area contributed by atoms with Gasteiger partial charge in [0.05, 0.1) is 28.6 Å². The van der Waals surface area contributed by atoms with E-state index < -0.39 is 17.6 Å². The van der Waals surface area contributed by atoms with E-state index in [1.807, 2.05) is 6.07 Å². The number of anilines is 1. The maximum Gasteiger partial charge on any atom is 0.416 e. The minimum atomic E-state index is -4.53. The first-order valence-electron chi connectivity index (χ1n) is 8.52. The highest BCUT2D eigenvalue weighted by Gasteiger charge is 2.31. The second-order valence-corrected chi connectivity index (χ2v) is 6.74. The van der Waals surface area contributed by atoms with E-state index in [1.165, 1.54) is 4.68 Å². The van der Waals surface area contributed by atoms with Gasteiger partial charge in [-0.3, -0.25) is 4.79 Å². The second kappa shape index (κ2) is 8.26. The van der Waals surface area contributed by atoms with Gasteiger partial charge in [-0.05, 0) is 42.8 Å². The first-order chi connectivity index (χ1) is 13.7. The van der Waals surface area contributed by atoms with Gasteiger partial charge in [-0.2, -0.15) is 18.3 Å². The lowest BCUT2D eigenvalue weighted by atomic mass is 10.1. The Morgan fingerprint density at radius 3 is 2.66 bits per heavy atom. The molecule has 0 saturated carbocycles. The summed E-state index contributed by atoms with van der Waals surface area (Å²) in [5.41, 5.74) is 0.834. The standard InChI is InChI=1S/C20H17ClF3N3O2/c1-12-8-18(25-19(28)14-5-3-4-13(9-14)11-29-2)27(26-12)17-10-15(20(22,23)24)6-7-16(17)21/h3-10H,11H2,1-2H3,(H,25,28). The molecule has 0 atom stereocenters. The molecule has 152 valence electrons. The van der Waals surface area contributed by atoms with Gasteiger partial charge in [-0.25, -0.2) is 4.68 Å². The minimum Gasteiger partial charge on any atom is -0.380 e. The molecule has 2 aromatic carbocycles. The van der Waals surface area contributed by atoms with Crippen LogP contribution in [0.3, 0.4) is 0 Å². The highest BCUT2D eigenvalue weighted by atomic mass is 35.5. The zero-order chi connectivity index (χ0) is 21.2. The lowest BCUT2D eigenvalue weighted by Gasteiger charge is -2.13. The van der Waals surface area contributed by atoms with Crippen LogP contribution in [0.2, 0.25) is 5.02 Å². The van der Waals surface area contributed by atoms with Crippen molar-refractivity contribution >= 4 is 23.3 Å². The van der Waals surface area contributed by atoms with Gasteiger partial charge in [-0.15, -0.1) is 0 Å². The maximum absolute atomic E-state index is 13.1. The van der Waals surface area contributed by atoms with Crippen LogP contribution in [0.4, 0.5) is 19.0 Å². The minimum absolute atomic E-state index is 0.0121. The topological polar surface area (TPSA) is 56.1 Å². The molecule has 9 heteroatoms. The summed E-state index contributed by atoms with van der Waals surface area (Å²) in [4.78, 5) is 12.7. The van der Waals surface area contributed by atoms with E-state index in [0.717, 1.165) is 23.8 Å².